The molecule has 0 aromatic carbocycles. The second-order valence-electron chi connectivity index (χ2n) is 2.15. The molecule has 0 aliphatic rings. The number of rotatable bonds is 3. The first-order valence-electron chi connectivity index (χ1n) is 3.46. The summed E-state index contributed by atoms with van der Waals surface area (Å²) in [6.07, 6.45) is 2.77. The van der Waals surface area contributed by atoms with Crippen molar-refractivity contribution in [3.05, 3.63) is 11.9 Å². The Bertz CT molecular complexity index is 193. The van der Waals surface area contributed by atoms with Gasteiger partial charge in [0, 0.05) is 13.1 Å². The van der Waals surface area contributed by atoms with Gasteiger partial charge in [-0.15, -0.1) is 5.10 Å². The molecule has 56 valence electrons. The van der Waals surface area contributed by atoms with Crippen LogP contribution in [0.1, 0.15) is 19.0 Å². The molecule has 0 saturated carbocycles. The highest BCUT2D eigenvalue weighted by molar-refractivity contribution is 4.91. The van der Waals surface area contributed by atoms with Gasteiger partial charge in [-0.05, 0) is 6.42 Å². The summed E-state index contributed by atoms with van der Waals surface area (Å²) in [5, 5.41) is 7.61. The van der Waals surface area contributed by atoms with E-state index in [0.29, 0.717) is 6.54 Å². The van der Waals surface area contributed by atoms with Gasteiger partial charge in [-0.1, -0.05) is 12.1 Å². The van der Waals surface area contributed by atoms with Crippen molar-refractivity contribution >= 4 is 0 Å². The Morgan fingerprint density at radius 2 is 2.50 bits per heavy atom. The van der Waals surface area contributed by atoms with Gasteiger partial charge in [0.1, 0.15) is 0 Å². The van der Waals surface area contributed by atoms with Crippen LogP contribution in [-0.4, -0.2) is 15.0 Å². The molecule has 0 bridgehead atoms. The van der Waals surface area contributed by atoms with E-state index in [2.05, 4.69) is 17.2 Å². The van der Waals surface area contributed by atoms with Crippen molar-refractivity contribution in [3.63, 3.8) is 0 Å². The molecule has 0 aliphatic heterocycles. The summed E-state index contributed by atoms with van der Waals surface area (Å²) in [6, 6.07) is 0. The van der Waals surface area contributed by atoms with Crippen LogP contribution in [0.5, 0.6) is 0 Å². The molecule has 1 heterocycles. The van der Waals surface area contributed by atoms with Gasteiger partial charge in [-0.3, -0.25) is 0 Å². The maximum atomic E-state index is 5.42. The summed E-state index contributed by atoms with van der Waals surface area (Å²) in [6.45, 7) is 3.53. The minimum Gasteiger partial charge on any atom is -0.325 e. The molecular weight excluding hydrogens is 128 g/mol. The van der Waals surface area contributed by atoms with Crippen LogP contribution in [0.25, 0.3) is 0 Å². The van der Waals surface area contributed by atoms with E-state index in [0.717, 1.165) is 18.7 Å². The Kier molecular flexibility index (Phi) is 2.39. The zero-order chi connectivity index (χ0) is 7.40. The predicted octanol–water partition coefficient (Wildman–Crippen LogP) is 0.147. The molecule has 0 saturated heterocycles. The van der Waals surface area contributed by atoms with E-state index in [-0.39, 0.29) is 0 Å². The number of aryl methyl sites for hydroxylation is 1. The first-order valence-corrected chi connectivity index (χ1v) is 3.46. The van der Waals surface area contributed by atoms with Gasteiger partial charge >= 0.3 is 0 Å². The molecule has 0 spiro atoms. The van der Waals surface area contributed by atoms with Gasteiger partial charge < -0.3 is 5.73 Å². The van der Waals surface area contributed by atoms with Crippen LogP contribution in [0, 0.1) is 0 Å². The Morgan fingerprint density at radius 3 is 3.10 bits per heavy atom. The van der Waals surface area contributed by atoms with E-state index in [1.54, 1.807) is 6.20 Å². The number of aromatic nitrogens is 3. The smallest absolute Gasteiger partial charge is 0.0738 e. The predicted molar refractivity (Wildman–Crippen MR) is 38.2 cm³/mol. The van der Waals surface area contributed by atoms with Crippen LogP contribution in [0.4, 0.5) is 0 Å². The summed E-state index contributed by atoms with van der Waals surface area (Å²) in [7, 11) is 0. The van der Waals surface area contributed by atoms with E-state index in [1.807, 2.05) is 4.68 Å². The third kappa shape index (κ3) is 1.33. The zero-order valence-corrected chi connectivity index (χ0v) is 6.12. The quantitative estimate of drug-likeness (QED) is 0.650. The van der Waals surface area contributed by atoms with Gasteiger partial charge in [-0.2, -0.15) is 0 Å². The van der Waals surface area contributed by atoms with E-state index in [1.165, 1.54) is 0 Å². The molecule has 0 unspecified atom stereocenters. The lowest BCUT2D eigenvalue weighted by Crippen LogP contribution is -2.08. The van der Waals surface area contributed by atoms with Crippen molar-refractivity contribution in [3.8, 4) is 0 Å². The van der Waals surface area contributed by atoms with Crippen LogP contribution >= 0.6 is 0 Å². The van der Waals surface area contributed by atoms with Crippen molar-refractivity contribution in [1.82, 2.24) is 15.0 Å². The molecule has 0 aliphatic carbocycles. The minimum atomic E-state index is 0.521. The summed E-state index contributed by atoms with van der Waals surface area (Å²) in [5.41, 5.74) is 6.43. The van der Waals surface area contributed by atoms with Crippen molar-refractivity contribution in [1.29, 1.82) is 0 Å². The fourth-order valence-electron chi connectivity index (χ4n) is 0.837. The Balaban J connectivity index is 2.70. The second kappa shape index (κ2) is 3.31. The topological polar surface area (TPSA) is 56.7 Å². The number of nitrogens with zero attached hydrogens (tertiary/aromatic N) is 3. The van der Waals surface area contributed by atoms with Crippen molar-refractivity contribution in [2.45, 2.75) is 26.4 Å². The Hall–Kier alpha value is -0.900. The molecular formula is C6H12N4. The van der Waals surface area contributed by atoms with Crippen molar-refractivity contribution in [2.24, 2.45) is 5.73 Å². The largest absolute Gasteiger partial charge is 0.325 e. The highest BCUT2D eigenvalue weighted by Crippen LogP contribution is 1.94. The first-order chi connectivity index (χ1) is 4.88. The standard InChI is InChI=1S/C6H12N4/c1-2-3-10-6(4-7)5-8-9-10/h5H,2-4,7H2,1H3. The Morgan fingerprint density at radius 1 is 1.70 bits per heavy atom. The van der Waals surface area contributed by atoms with Crippen LogP contribution < -0.4 is 5.73 Å². The first kappa shape index (κ1) is 7.21. The van der Waals surface area contributed by atoms with Crippen LogP contribution in [-0.2, 0) is 13.1 Å². The molecule has 4 heteroatoms. The molecule has 2 N–H and O–H groups in total. The molecule has 10 heavy (non-hydrogen) atoms. The number of hydrogen-bond donors (Lipinski definition) is 1. The molecule has 1 aromatic rings. The lowest BCUT2D eigenvalue weighted by atomic mass is 10.4. The van der Waals surface area contributed by atoms with Crippen LogP contribution in [0.2, 0.25) is 0 Å². The van der Waals surface area contributed by atoms with Crippen molar-refractivity contribution in [2.75, 3.05) is 0 Å². The number of nitrogens with two attached hydrogens (primary N) is 1. The highest BCUT2D eigenvalue weighted by Gasteiger charge is 1.97. The third-order valence-corrected chi connectivity index (χ3v) is 1.34. The normalized spacial score (nSPS) is 10.2. The summed E-state index contributed by atoms with van der Waals surface area (Å²) in [4.78, 5) is 0. The van der Waals surface area contributed by atoms with Gasteiger partial charge in [0.25, 0.3) is 0 Å². The van der Waals surface area contributed by atoms with Gasteiger partial charge in [0.2, 0.25) is 0 Å². The van der Waals surface area contributed by atoms with E-state index in [4.69, 9.17) is 5.73 Å². The third-order valence-electron chi connectivity index (χ3n) is 1.34. The lowest BCUT2D eigenvalue weighted by molar-refractivity contribution is 0.556. The minimum absolute atomic E-state index is 0.521. The molecule has 0 atom stereocenters. The average molecular weight is 140 g/mol. The monoisotopic (exact) mass is 140 g/mol. The lowest BCUT2D eigenvalue weighted by Gasteiger charge is -1.99. The zero-order valence-electron chi connectivity index (χ0n) is 6.12. The molecule has 0 fully saturated rings. The molecule has 1 rings (SSSR count). The molecule has 1 aromatic heterocycles. The Labute approximate surface area is 60.0 Å². The molecule has 4 nitrogen and oxygen atoms in total. The van der Waals surface area contributed by atoms with Gasteiger partial charge in [0.15, 0.2) is 0 Å². The number of hydrogen-bond acceptors (Lipinski definition) is 3. The van der Waals surface area contributed by atoms with E-state index >= 15 is 0 Å². The summed E-state index contributed by atoms with van der Waals surface area (Å²) < 4.78 is 1.83. The van der Waals surface area contributed by atoms with E-state index < -0.39 is 0 Å². The fraction of sp³-hybridized carbons (Fsp3) is 0.667. The maximum Gasteiger partial charge on any atom is 0.0738 e. The fourth-order valence-corrected chi connectivity index (χ4v) is 0.837. The van der Waals surface area contributed by atoms with Gasteiger partial charge in [-0.25, -0.2) is 4.68 Å². The van der Waals surface area contributed by atoms with E-state index in [9.17, 15) is 0 Å². The summed E-state index contributed by atoms with van der Waals surface area (Å²) in [5.74, 6) is 0. The second-order valence-corrected chi connectivity index (χ2v) is 2.15. The SMILES string of the molecule is CCCn1nncc1CN. The summed E-state index contributed by atoms with van der Waals surface area (Å²) >= 11 is 0. The molecule has 0 radical (unpaired) electrons. The average Bonchev–Trinajstić information content (AvgIpc) is 2.36. The highest BCUT2D eigenvalue weighted by atomic mass is 15.4. The maximum absolute atomic E-state index is 5.42. The van der Waals surface area contributed by atoms with Gasteiger partial charge in [0.05, 0.1) is 11.9 Å². The molecule has 0 amide bonds. The van der Waals surface area contributed by atoms with Crippen molar-refractivity contribution < 1.29 is 0 Å². The van der Waals surface area contributed by atoms with Crippen LogP contribution in [0.15, 0.2) is 6.20 Å². The van der Waals surface area contributed by atoms with Crippen LogP contribution in [0.3, 0.4) is 0 Å².